The topological polar surface area (TPSA) is 377 Å². The summed E-state index contributed by atoms with van der Waals surface area (Å²) in [6, 6.07) is 3.29. The van der Waals surface area contributed by atoms with Crippen LogP contribution in [0.2, 0.25) is 0 Å². The molecule has 0 unspecified atom stereocenters. The second kappa shape index (κ2) is 28.1. The normalized spacial score (nSPS) is 28.3. The number of benzene rings is 3. The Morgan fingerprint density at radius 3 is 1.87 bits per heavy atom. The van der Waals surface area contributed by atoms with E-state index in [4.69, 9.17) is 4.74 Å². The van der Waals surface area contributed by atoms with Crippen molar-refractivity contribution in [1.29, 1.82) is 0 Å². The minimum atomic E-state index is -2.30. The molecular formula is C55H77N7O17. The molecule has 7 amide bonds. The number of aromatic hydroxyl groups is 1. The van der Waals surface area contributed by atoms with Gasteiger partial charge in [0.25, 0.3) is 5.91 Å². The first kappa shape index (κ1) is 61.7. The van der Waals surface area contributed by atoms with Gasteiger partial charge < -0.3 is 87.1 Å². The second-order valence-electron chi connectivity index (χ2n) is 21.1. The molecule has 14 N–H and O–H groups in total. The summed E-state index contributed by atoms with van der Waals surface area (Å²) >= 11 is 0. The van der Waals surface area contributed by atoms with Gasteiger partial charge in [-0.1, -0.05) is 95.2 Å². The Kier molecular flexibility index (Phi) is 21.9. The third kappa shape index (κ3) is 15.4. The first-order valence-electron chi connectivity index (χ1n) is 27.0. The Morgan fingerprint density at radius 2 is 1.25 bits per heavy atom. The molecule has 0 saturated carbocycles. The summed E-state index contributed by atoms with van der Waals surface area (Å²) in [5, 5.41) is 113. The number of nitrogens with one attached hydrogen (secondary N) is 5. The van der Waals surface area contributed by atoms with Crippen LogP contribution in [0.15, 0.2) is 60.7 Å². The highest BCUT2D eigenvalue weighted by Crippen LogP contribution is 2.30. The Labute approximate surface area is 457 Å². The van der Waals surface area contributed by atoms with Gasteiger partial charge in [0.1, 0.15) is 66.1 Å². The molecule has 79 heavy (non-hydrogen) atoms. The van der Waals surface area contributed by atoms with Gasteiger partial charge in [-0.2, -0.15) is 0 Å². The molecule has 0 aromatic heterocycles. The number of fused-ring (bicyclic) bond motifs is 3. The van der Waals surface area contributed by atoms with Gasteiger partial charge in [0.2, 0.25) is 35.4 Å². The predicted molar refractivity (Wildman–Crippen MR) is 283 cm³/mol. The van der Waals surface area contributed by atoms with Crippen LogP contribution in [0.4, 0.5) is 0 Å². The Balaban J connectivity index is 1.37. The van der Waals surface area contributed by atoms with Crippen molar-refractivity contribution in [2.45, 2.75) is 177 Å². The number of aliphatic hydroxyl groups excluding tert-OH is 8. The van der Waals surface area contributed by atoms with Crippen LogP contribution in [0.25, 0.3) is 10.8 Å². The number of carbonyl (C=O) groups is 7. The fraction of sp³-hybridized carbons (Fsp3) is 0.582. The van der Waals surface area contributed by atoms with Crippen LogP contribution in [-0.2, 0) is 28.8 Å². The van der Waals surface area contributed by atoms with Gasteiger partial charge in [0.05, 0.1) is 36.6 Å². The predicted octanol–water partition coefficient (Wildman–Crippen LogP) is -1.16. The van der Waals surface area contributed by atoms with Crippen molar-refractivity contribution in [2.75, 3.05) is 19.7 Å². The largest absolute Gasteiger partial charge is 0.508 e. The molecule has 0 aliphatic carbocycles. The molecule has 24 heteroatoms. The van der Waals surface area contributed by atoms with E-state index in [-0.39, 0.29) is 35.8 Å². The minimum absolute atomic E-state index is 0.0450. The van der Waals surface area contributed by atoms with Gasteiger partial charge in [-0.15, -0.1) is 0 Å². The van der Waals surface area contributed by atoms with E-state index >= 15 is 0 Å². The van der Waals surface area contributed by atoms with Crippen molar-refractivity contribution in [3.05, 3.63) is 71.8 Å². The summed E-state index contributed by atoms with van der Waals surface area (Å²) in [4.78, 5) is 103. The van der Waals surface area contributed by atoms with Gasteiger partial charge >= 0.3 is 0 Å². The van der Waals surface area contributed by atoms with Gasteiger partial charge in [0.15, 0.2) is 6.23 Å². The monoisotopic (exact) mass is 1110 g/mol. The number of phenols is 1. The lowest BCUT2D eigenvalue weighted by Gasteiger charge is -2.34. The molecule has 3 saturated heterocycles. The minimum Gasteiger partial charge on any atom is -0.508 e. The lowest BCUT2D eigenvalue weighted by molar-refractivity contribution is -0.148. The first-order chi connectivity index (χ1) is 37.5. The maximum atomic E-state index is 14.6. The average molecular weight is 1110 g/mol. The number of carbonyl (C=O) groups excluding carboxylic acids is 7. The van der Waals surface area contributed by atoms with Gasteiger partial charge in [-0.3, -0.25) is 33.6 Å². The summed E-state index contributed by atoms with van der Waals surface area (Å²) in [6.45, 7) is 5.10. The van der Waals surface area contributed by atoms with Crippen molar-refractivity contribution in [1.82, 2.24) is 36.4 Å². The molecule has 15 atom stereocenters. The van der Waals surface area contributed by atoms with Crippen molar-refractivity contribution in [3.8, 4) is 11.5 Å². The maximum absolute atomic E-state index is 14.6. The molecule has 3 aromatic rings. The van der Waals surface area contributed by atoms with Crippen molar-refractivity contribution in [2.24, 2.45) is 5.92 Å². The number of rotatable bonds is 17. The number of hydrogen-bond acceptors (Lipinski definition) is 17. The van der Waals surface area contributed by atoms with Crippen molar-refractivity contribution in [3.63, 3.8) is 0 Å². The standard InChI is InChI=1S/C55H77N7O17/c1-5-6-7-8-9-10-11-14-21-79-40-23-33-16-13-12-15-32(33)22-36(40)48(71)56-37-25-39(67)51(74)60-53(76)44-45(68)28(2)26-62(44)55(78)42(30(4)64)58-52(75)43(47(70)46(69)31-17-19-34(65)20-18-31)59-50(73)38-24-35(66)27-61(38)54(77)41(29(3)63)57-49(37)72/h12-13,15-20,22-23,28-30,35,37-39,41-47,51,63-70,74H,5-11,14,21,24-27H2,1-4H3,(H,56,71)(H,57,72)(H,58,75)(H,59,73)(H,60,76)/t28-,29+,30+,35+,37+,38-,39+,41-,42-,43-,44-,45-,46-,47-,51-/m0/s1. The van der Waals surface area contributed by atoms with Gasteiger partial charge in [0, 0.05) is 31.8 Å². The first-order valence-corrected chi connectivity index (χ1v) is 27.0. The molecule has 3 aliphatic heterocycles. The van der Waals surface area contributed by atoms with E-state index in [9.17, 15) is 79.5 Å². The van der Waals surface area contributed by atoms with Crippen LogP contribution in [0.5, 0.6) is 11.5 Å². The SMILES string of the molecule is CCCCCCCCCCOc1cc2ccccc2cc1C(=O)N[C@@H]1C[C@@H](O)[C@H](O)NC(=O)[C@@H]2[C@@H](O)[C@@H](C)CN2C(=O)[C@H]([C@@H](C)O)NC(=O)[C@H]([C@H](O)[C@@H](O)c2ccc(O)cc2)NC(=O)[C@@H]2C[C@@H](O)CN2C(=O)[C@H]([C@@H](C)O)NC1=O. The van der Waals surface area contributed by atoms with Crippen LogP contribution in [-0.4, -0.2) is 196 Å². The Hall–Kier alpha value is -6.51. The number of hydrogen-bond donors (Lipinski definition) is 14. The zero-order valence-corrected chi connectivity index (χ0v) is 44.8. The molecular weight excluding hydrogens is 1030 g/mol. The summed E-state index contributed by atoms with van der Waals surface area (Å²) in [6.07, 6.45) is -8.61. The average Bonchev–Trinajstić information content (AvgIpc) is 4.01. The molecule has 3 heterocycles. The smallest absolute Gasteiger partial charge is 0.255 e. The third-order valence-electron chi connectivity index (χ3n) is 14.8. The highest BCUT2D eigenvalue weighted by atomic mass is 16.5. The van der Waals surface area contributed by atoms with Crippen LogP contribution in [0, 0.1) is 5.92 Å². The van der Waals surface area contributed by atoms with Gasteiger partial charge in [-0.05, 0) is 60.9 Å². The van der Waals surface area contributed by atoms with E-state index in [0.717, 1.165) is 79.7 Å². The van der Waals surface area contributed by atoms with Gasteiger partial charge in [-0.25, -0.2) is 0 Å². The summed E-state index contributed by atoms with van der Waals surface area (Å²) in [5.74, 6) is -9.33. The van der Waals surface area contributed by atoms with Crippen LogP contribution in [0.3, 0.4) is 0 Å². The second-order valence-corrected chi connectivity index (χ2v) is 21.1. The zero-order valence-electron chi connectivity index (χ0n) is 44.8. The number of unbranched alkanes of at least 4 members (excludes halogenated alkanes) is 7. The van der Waals surface area contributed by atoms with Crippen molar-refractivity contribution < 1.29 is 84.3 Å². The van der Waals surface area contributed by atoms with Crippen LogP contribution >= 0.6 is 0 Å². The number of amides is 7. The molecule has 3 fully saturated rings. The molecule has 0 radical (unpaired) electrons. The molecule has 3 aliphatic rings. The molecule has 0 spiro atoms. The van der Waals surface area contributed by atoms with E-state index < -0.39 is 152 Å². The number of phenolic OH excluding ortho intramolecular Hbond substituents is 1. The van der Waals surface area contributed by atoms with Crippen LogP contribution < -0.4 is 31.3 Å². The van der Waals surface area contributed by atoms with E-state index in [1.807, 2.05) is 6.07 Å². The fourth-order valence-corrected chi connectivity index (χ4v) is 10.2. The maximum Gasteiger partial charge on any atom is 0.255 e. The van der Waals surface area contributed by atoms with E-state index in [1.165, 1.54) is 31.5 Å². The lowest BCUT2D eigenvalue weighted by atomic mass is 9.96. The fourth-order valence-electron chi connectivity index (χ4n) is 10.2. The quantitative estimate of drug-likeness (QED) is 0.0709. The Morgan fingerprint density at radius 1 is 0.684 bits per heavy atom. The lowest BCUT2D eigenvalue weighted by Crippen LogP contribution is -2.64. The molecule has 0 bridgehead atoms. The molecule has 6 rings (SSSR count). The number of aliphatic hydroxyl groups is 8. The van der Waals surface area contributed by atoms with E-state index in [1.54, 1.807) is 24.3 Å². The summed E-state index contributed by atoms with van der Waals surface area (Å²) in [7, 11) is 0. The summed E-state index contributed by atoms with van der Waals surface area (Å²) in [5.41, 5.74) is -0.117. The van der Waals surface area contributed by atoms with E-state index in [2.05, 4.69) is 33.5 Å². The summed E-state index contributed by atoms with van der Waals surface area (Å²) < 4.78 is 6.19. The zero-order chi connectivity index (χ0) is 57.8. The number of ether oxygens (including phenoxy) is 1. The molecule has 3 aromatic carbocycles. The van der Waals surface area contributed by atoms with Crippen LogP contribution in [0.1, 0.15) is 114 Å². The molecule has 434 valence electrons. The third-order valence-corrected chi connectivity index (χ3v) is 14.8. The highest BCUT2D eigenvalue weighted by molar-refractivity contribution is 6.04. The highest BCUT2D eigenvalue weighted by Gasteiger charge is 2.50. The molecule has 24 nitrogen and oxygen atoms in total. The van der Waals surface area contributed by atoms with Crippen molar-refractivity contribution >= 4 is 52.1 Å². The number of nitrogens with zero attached hydrogens (tertiary/aromatic N) is 2. The Bertz CT molecular complexity index is 2610. The van der Waals surface area contributed by atoms with E-state index in [0.29, 0.717) is 11.8 Å².